The van der Waals surface area contributed by atoms with Gasteiger partial charge in [-0.3, -0.25) is 4.79 Å². The van der Waals surface area contributed by atoms with Gasteiger partial charge in [-0.2, -0.15) is 0 Å². The fourth-order valence-corrected chi connectivity index (χ4v) is 1.15. The van der Waals surface area contributed by atoms with Gasteiger partial charge >= 0.3 is 0 Å². The van der Waals surface area contributed by atoms with Crippen molar-refractivity contribution in [2.24, 2.45) is 5.73 Å². The van der Waals surface area contributed by atoms with Crippen LogP contribution < -0.4 is 11.1 Å². The molecule has 1 amide bonds. The summed E-state index contributed by atoms with van der Waals surface area (Å²) in [5.41, 5.74) is 5.84. The summed E-state index contributed by atoms with van der Waals surface area (Å²) in [6, 6.07) is 5.89. The van der Waals surface area contributed by atoms with Crippen molar-refractivity contribution in [2.45, 2.75) is 6.42 Å². The van der Waals surface area contributed by atoms with E-state index in [4.69, 9.17) is 5.73 Å². The number of halogens is 1. The molecule has 0 aromatic heterocycles. The van der Waals surface area contributed by atoms with Crippen molar-refractivity contribution in [1.29, 1.82) is 0 Å². The molecule has 0 aliphatic carbocycles. The van der Waals surface area contributed by atoms with Gasteiger partial charge in [-0.05, 0) is 17.7 Å². The Hall–Kier alpha value is -1.49. The Labute approximate surface area is 92.5 Å². The van der Waals surface area contributed by atoms with Crippen LogP contribution in [0.3, 0.4) is 0 Å². The van der Waals surface area contributed by atoms with Crippen LogP contribution in [0.4, 0.5) is 4.39 Å². The smallest absolute Gasteiger partial charge is 0.224 e. The van der Waals surface area contributed by atoms with Crippen LogP contribution in [0.5, 0.6) is 0 Å². The molecule has 1 aromatic carbocycles. The average molecular weight is 226 g/mol. The Morgan fingerprint density at radius 3 is 2.87 bits per heavy atom. The van der Waals surface area contributed by atoms with Crippen LogP contribution in [-0.4, -0.2) is 17.4 Å². The lowest BCUT2D eigenvalue weighted by Crippen LogP contribution is -2.33. The van der Waals surface area contributed by atoms with Gasteiger partial charge in [-0.15, -0.1) is 0 Å². The van der Waals surface area contributed by atoms with Gasteiger partial charge in [0.05, 0.1) is 18.0 Å². The van der Waals surface area contributed by atoms with Gasteiger partial charge in [-0.25, -0.2) is 4.39 Å². The maximum atomic E-state index is 12.8. The molecule has 0 bridgehead atoms. The SMILES string of the molecule is NC(=S)CNC(=O)Cc1cccc(F)c1. The van der Waals surface area contributed by atoms with Crippen molar-refractivity contribution in [3.63, 3.8) is 0 Å². The molecule has 0 unspecified atom stereocenters. The highest BCUT2D eigenvalue weighted by Gasteiger charge is 2.03. The fourth-order valence-electron chi connectivity index (χ4n) is 1.08. The van der Waals surface area contributed by atoms with E-state index >= 15 is 0 Å². The quantitative estimate of drug-likeness (QED) is 0.746. The first-order valence-electron chi connectivity index (χ1n) is 4.37. The first-order valence-corrected chi connectivity index (χ1v) is 4.78. The van der Waals surface area contributed by atoms with Crippen molar-refractivity contribution in [1.82, 2.24) is 5.32 Å². The number of carbonyl (C=O) groups excluding carboxylic acids is 1. The lowest BCUT2D eigenvalue weighted by atomic mass is 10.1. The van der Waals surface area contributed by atoms with Gasteiger partial charge in [0.15, 0.2) is 0 Å². The minimum absolute atomic E-state index is 0.125. The Kier molecular flexibility index (Phi) is 4.17. The molecule has 0 saturated carbocycles. The van der Waals surface area contributed by atoms with Crippen LogP contribution in [0, 0.1) is 5.82 Å². The van der Waals surface area contributed by atoms with E-state index in [1.165, 1.54) is 12.1 Å². The number of hydrogen-bond donors (Lipinski definition) is 2. The third-order valence-electron chi connectivity index (χ3n) is 1.71. The Bertz CT molecular complexity index is 381. The summed E-state index contributed by atoms with van der Waals surface area (Å²) in [5.74, 6) is -0.581. The van der Waals surface area contributed by atoms with E-state index in [9.17, 15) is 9.18 Å². The Morgan fingerprint density at radius 1 is 1.53 bits per heavy atom. The number of hydrogen-bond acceptors (Lipinski definition) is 2. The second-order valence-corrected chi connectivity index (χ2v) is 3.57. The molecule has 0 fully saturated rings. The van der Waals surface area contributed by atoms with Crippen LogP contribution in [0.1, 0.15) is 5.56 Å². The average Bonchev–Trinajstić information content (AvgIpc) is 2.15. The van der Waals surface area contributed by atoms with E-state index in [1.54, 1.807) is 12.1 Å². The second-order valence-electron chi connectivity index (χ2n) is 3.05. The normalized spacial score (nSPS) is 9.67. The maximum Gasteiger partial charge on any atom is 0.224 e. The summed E-state index contributed by atoms with van der Waals surface area (Å²) in [7, 11) is 0. The van der Waals surface area contributed by atoms with Crippen molar-refractivity contribution < 1.29 is 9.18 Å². The zero-order chi connectivity index (χ0) is 11.3. The van der Waals surface area contributed by atoms with Gasteiger partial charge in [0.2, 0.25) is 5.91 Å². The second kappa shape index (κ2) is 5.41. The molecule has 0 spiro atoms. The monoisotopic (exact) mass is 226 g/mol. The van der Waals surface area contributed by atoms with Gasteiger partial charge in [0.25, 0.3) is 0 Å². The zero-order valence-corrected chi connectivity index (χ0v) is 8.81. The number of amides is 1. The molecule has 0 aliphatic rings. The predicted octanol–water partition coefficient (Wildman–Crippen LogP) is 0.771. The summed E-state index contributed by atoms with van der Waals surface area (Å²) < 4.78 is 12.8. The molecule has 0 heterocycles. The number of nitrogens with two attached hydrogens (primary N) is 1. The summed E-state index contributed by atoms with van der Waals surface area (Å²) in [4.78, 5) is 11.5. The molecule has 1 rings (SSSR count). The van der Waals surface area contributed by atoms with Crippen LogP contribution in [0.25, 0.3) is 0 Å². The third kappa shape index (κ3) is 4.51. The molecule has 1 aromatic rings. The van der Waals surface area contributed by atoms with Gasteiger partial charge < -0.3 is 11.1 Å². The van der Waals surface area contributed by atoms with Crippen molar-refractivity contribution in [2.75, 3.05) is 6.54 Å². The minimum Gasteiger partial charge on any atom is -0.392 e. The van der Waals surface area contributed by atoms with Crippen LogP contribution >= 0.6 is 12.2 Å². The number of nitrogens with one attached hydrogen (secondary N) is 1. The molecule has 15 heavy (non-hydrogen) atoms. The number of carbonyl (C=O) groups is 1. The van der Waals surface area contributed by atoms with Crippen molar-refractivity contribution in [3.8, 4) is 0 Å². The first kappa shape index (κ1) is 11.6. The van der Waals surface area contributed by atoms with E-state index < -0.39 is 0 Å². The predicted molar refractivity (Wildman–Crippen MR) is 59.9 cm³/mol. The van der Waals surface area contributed by atoms with E-state index in [0.717, 1.165) is 0 Å². The molecule has 0 aliphatic heterocycles. The van der Waals surface area contributed by atoms with Crippen molar-refractivity contribution in [3.05, 3.63) is 35.6 Å². The maximum absolute atomic E-state index is 12.8. The van der Waals surface area contributed by atoms with Gasteiger partial charge in [0.1, 0.15) is 5.82 Å². The van der Waals surface area contributed by atoms with Crippen molar-refractivity contribution >= 4 is 23.1 Å². The molecule has 3 nitrogen and oxygen atoms in total. The first-order chi connectivity index (χ1) is 7.08. The lowest BCUT2D eigenvalue weighted by molar-refractivity contribution is -0.120. The van der Waals surface area contributed by atoms with Crippen LogP contribution in [-0.2, 0) is 11.2 Å². The minimum atomic E-state index is -0.352. The zero-order valence-electron chi connectivity index (χ0n) is 8.00. The molecule has 0 atom stereocenters. The van der Waals surface area contributed by atoms with E-state index in [-0.39, 0.29) is 29.7 Å². The standard InChI is InChI=1S/C10H11FN2OS/c11-8-3-1-2-7(4-8)5-10(14)13-6-9(12)15/h1-4H,5-6H2,(H2,12,15)(H,13,14). The van der Waals surface area contributed by atoms with E-state index in [1.807, 2.05) is 0 Å². The summed E-state index contributed by atoms with van der Waals surface area (Å²) >= 11 is 4.60. The highest BCUT2D eigenvalue weighted by Crippen LogP contribution is 2.03. The fraction of sp³-hybridized carbons (Fsp3) is 0.200. The molecule has 0 radical (unpaired) electrons. The molecule has 0 saturated heterocycles. The van der Waals surface area contributed by atoms with E-state index in [0.29, 0.717) is 5.56 Å². The Morgan fingerprint density at radius 2 is 2.27 bits per heavy atom. The third-order valence-corrected chi connectivity index (χ3v) is 1.86. The summed E-state index contributed by atoms with van der Waals surface area (Å²) in [6.45, 7) is 0.170. The summed E-state index contributed by atoms with van der Waals surface area (Å²) in [6.07, 6.45) is 0.125. The highest BCUT2D eigenvalue weighted by molar-refractivity contribution is 7.80. The number of thiocarbonyl (C=S) groups is 1. The highest BCUT2D eigenvalue weighted by atomic mass is 32.1. The molecular formula is C10H11FN2OS. The topological polar surface area (TPSA) is 55.1 Å². The largest absolute Gasteiger partial charge is 0.392 e. The van der Waals surface area contributed by atoms with E-state index in [2.05, 4.69) is 17.5 Å². The Balaban J connectivity index is 2.48. The molecule has 3 N–H and O–H groups in total. The van der Waals surface area contributed by atoms with Gasteiger partial charge in [-0.1, -0.05) is 24.4 Å². The van der Waals surface area contributed by atoms with Crippen LogP contribution in [0.2, 0.25) is 0 Å². The number of rotatable bonds is 4. The summed E-state index contributed by atoms with van der Waals surface area (Å²) in [5, 5.41) is 2.52. The molecule has 80 valence electrons. The van der Waals surface area contributed by atoms with Gasteiger partial charge in [0, 0.05) is 0 Å². The number of benzene rings is 1. The molecule has 5 heteroatoms. The van der Waals surface area contributed by atoms with Crippen LogP contribution in [0.15, 0.2) is 24.3 Å². The lowest BCUT2D eigenvalue weighted by Gasteiger charge is -2.03. The molecular weight excluding hydrogens is 215 g/mol.